The normalized spacial score (nSPS) is 23.1. The Morgan fingerprint density at radius 1 is 1.67 bits per heavy atom. The predicted molar refractivity (Wildman–Crippen MR) is 56.4 cm³/mol. The molecule has 15 heavy (non-hydrogen) atoms. The van der Waals surface area contributed by atoms with Gasteiger partial charge in [-0.05, 0) is 13.0 Å². The van der Waals surface area contributed by atoms with Crippen molar-refractivity contribution in [2.75, 3.05) is 19.8 Å². The molecular formula is C10H18N4O. The highest BCUT2D eigenvalue weighted by Gasteiger charge is 2.25. The second-order valence-corrected chi connectivity index (χ2v) is 3.91. The summed E-state index contributed by atoms with van der Waals surface area (Å²) in [5.41, 5.74) is 0. The van der Waals surface area contributed by atoms with Crippen LogP contribution in [-0.2, 0) is 11.3 Å². The summed E-state index contributed by atoms with van der Waals surface area (Å²) in [6, 6.07) is 0.444. The zero-order valence-electron chi connectivity index (χ0n) is 9.09. The molecule has 2 rings (SSSR count). The molecule has 84 valence electrons. The van der Waals surface area contributed by atoms with E-state index in [1.807, 2.05) is 4.68 Å². The number of aromatic nitrogens is 3. The number of hydrogen-bond donors (Lipinski definition) is 1. The van der Waals surface area contributed by atoms with E-state index in [9.17, 15) is 0 Å². The molecule has 0 amide bonds. The second kappa shape index (κ2) is 5.23. The summed E-state index contributed by atoms with van der Waals surface area (Å²) in [7, 11) is 0. The second-order valence-electron chi connectivity index (χ2n) is 3.91. The molecule has 1 fully saturated rings. The molecule has 1 aromatic heterocycles. The monoisotopic (exact) mass is 210 g/mol. The molecule has 0 aliphatic carbocycles. The number of ether oxygens (including phenoxy) is 1. The van der Waals surface area contributed by atoms with Crippen LogP contribution in [-0.4, -0.2) is 40.6 Å². The lowest BCUT2D eigenvalue weighted by molar-refractivity contribution is 0.173. The number of rotatable bonds is 5. The summed E-state index contributed by atoms with van der Waals surface area (Å²) in [6.07, 6.45) is 4.49. The lowest BCUT2D eigenvalue weighted by Crippen LogP contribution is -2.40. The maximum atomic E-state index is 5.42. The molecule has 2 heterocycles. The van der Waals surface area contributed by atoms with Gasteiger partial charge in [0.25, 0.3) is 0 Å². The van der Waals surface area contributed by atoms with E-state index in [1.54, 1.807) is 12.7 Å². The van der Waals surface area contributed by atoms with E-state index >= 15 is 0 Å². The minimum absolute atomic E-state index is 0.444. The molecule has 2 atom stereocenters. The van der Waals surface area contributed by atoms with Gasteiger partial charge in [-0.3, -0.25) is 4.68 Å². The van der Waals surface area contributed by atoms with Gasteiger partial charge in [0.2, 0.25) is 0 Å². The van der Waals surface area contributed by atoms with Crippen molar-refractivity contribution in [3.63, 3.8) is 0 Å². The van der Waals surface area contributed by atoms with E-state index in [1.165, 1.54) is 0 Å². The first-order valence-corrected chi connectivity index (χ1v) is 5.53. The van der Waals surface area contributed by atoms with Crippen LogP contribution < -0.4 is 5.32 Å². The molecule has 0 radical (unpaired) electrons. The van der Waals surface area contributed by atoms with E-state index in [-0.39, 0.29) is 0 Å². The summed E-state index contributed by atoms with van der Waals surface area (Å²) >= 11 is 0. The van der Waals surface area contributed by atoms with E-state index in [2.05, 4.69) is 22.3 Å². The van der Waals surface area contributed by atoms with Gasteiger partial charge in [-0.25, -0.2) is 4.98 Å². The zero-order valence-corrected chi connectivity index (χ0v) is 9.09. The molecule has 1 aliphatic rings. The maximum absolute atomic E-state index is 5.42. The van der Waals surface area contributed by atoms with Crippen LogP contribution in [0.15, 0.2) is 12.7 Å². The topological polar surface area (TPSA) is 52.0 Å². The van der Waals surface area contributed by atoms with E-state index in [0.717, 1.165) is 32.7 Å². The number of hydrogen-bond acceptors (Lipinski definition) is 4. The smallest absolute Gasteiger partial charge is 0.137 e. The van der Waals surface area contributed by atoms with Gasteiger partial charge in [0.1, 0.15) is 12.7 Å². The summed E-state index contributed by atoms with van der Waals surface area (Å²) in [6.45, 7) is 5.75. The highest BCUT2D eigenvalue weighted by Crippen LogP contribution is 2.17. The molecule has 0 spiro atoms. The van der Waals surface area contributed by atoms with Gasteiger partial charge in [-0.15, -0.1) is 0 Å². The van der Waals surface area contributed by atoms with Crippen LogP contribution in [0.5, 0.6) is 0 Å². The van der Waals surface area contributed by atoms with Crippen LogP contribution in [0.25, 0.3) is 0 Å². The number of likely N-dealkylation sites (N-methyl/N-ethyl adjacent to an activating group) is 1. The van der Waals surface area contributed by atoms with Gasteiger partial charge in [-0.1, -0.05) is 6.92 Å². The Kier molecular flexibility index (Phi) is 3.69. The van der Waals surface area contributed by atoms with Crippen molar-refractivity contribution >= 4 is 0 Å². The van der Waals surface area contributed by atoms with Crippen molar-refractivity contribution in [1.29, 1.82) is 0 Å². The average molecular weight is 210 g/mol. The SMILES string of the molecule is CCNC(Cn1cncn1)C1CCOC1. The molecular weight excluding hydrogens is 192 g/mol. The molecule has 2 unspecified atom stereocenters. The van der Waals surface area contributed by atoms with Crippen LogP contribution in [0, 0.1) is 5.92 Å². The Morgan fingerprint density at radius 2 is 2.60 bits per heavy atom. The van der Waals surface area contributed by atoms with E-state index in [0.29, 0.717) is 12.0 Å². The fraction of sp³-hybridized carbons (Fsp3) is 0.800. The molecule has 1 saturated heterocycles. The van der Waals surface area contributed by atoms with Crippen molar-refractivity contribution < 1.29 is 4.74 Å². The van der Waals surface area contributed by atoms with Gasteiger partial charge in [0.15, 0.2) is 0 Å². The molecule has 1 aliphatic heterocycles. The molecule has 1 N–H and O–H groups in total. The van der Waals surface area contributed by atoms with Gasteiger partial charge < -0.3 is 10.1 Å². The molecule has 0 bridgehead atoms. The first kappa shape index (κ1) is 10.6. The van der Waals surface area contributed by atoms with Gasteiger partial charge in [0, 0.05) is 18.6 Å². The van der Waals surface area contributed by atoms with Crippen molar-refractivity contribution in [3.05, 3.63) is 12.7 Å². The summed E-state index contributed by atoms with van der Waals surface area (Å²) in [4.78, 5) is 3.95. The Hall–Kier alpha value is -0.940. The summed E-state index contributed by atoms with van der Waals surface area (Å²) < 4.78 is 7.30. The van der Waals surface area contributed by atoms with Crippen LogP contribution >= 0.6 is 0 Å². The minimum atomic E-state index is 0.444. The van der Waals surface area contributed by atoms with Gasteiger partial charge in [0.05, 0.1) is 13.2 Å². The van der Waals surface area contributed by atoms with Crippen LogP contribution in [0.3, 0.4) is 0 Å². The Labute approximate surface area is 89.8 Å². The molecule has 1 aromatic rings. The Balaban J connectivity index is 1.93. The molecule has 5 nitrogen and oxygen atoms in total. The lowest BCUT2D eigenvalue weighted by Gasteiger charge is -2.22. The van der Waals surface area contributed by atoms with Crippen LogP contribution in [0.1, 0.15) is 13.3 Å². The summed E-state index contributed by atoms with van der Waals surface area (Å²) in [5, 5.41) is 7.63. The zero-order chi connectivity index (χ0) is 10.5. The van der Waals surface area contributed by atoms with E-state index in [4.69, 9.17) is 4.74 Å². The molecule has 0 saturated carbocycles. The van der Waals surface area contributed by atoms with Crippen molar-refractivity contribution in [1.82, 2.24) is 20.1 Å². The Morgan fingerprint density at radius 3 is 3.20 bits per heavy atom. The fourth-order valence-corrected chi connectivity index (χ4v) is 2.04. The Bertz CT molecular complexity index is 269. The van der Waals surface area contributed by atoms with Crippen molar-refractivity contribution in [2.24, 2.45) is 5.92 Å². The standard InChI is InChI=1S/C10H18N4O/c1-2-12-10(9-3-4-15-6-9)5-14-8-11-7-13-14/h7-10,12H,2-6H2,1H3. The third kappa shape index (κ3) is 2.76. The third-order valence-corrected chi connectivity index (χ3v) is 2.85. The quantitative estimate of drug-likeness (QED) is 0.759. The number of nitrogens with zero attached hydrogens (tertiary/aromatic N) is 3. The first-order chi connectivity index (χ1) is 7.40. The van der Waals surface area contributed by atoms with Gasteiger partial charge >= 0.3 is 0 Å². The molecule has 0 aromatic carbocycles. The third-order valence-electron chi connectivity index (χ3n) is 2.85. The average Bonchev–Trinajstić information content (AvgIpc) is 2.89. The predicted octanol–water partition coefficient (Wildman–Crippen LogP) is 0.293. The maximum Gasteiger partial charge on any atom is 0.137 e. The highest BCUT2D eigenvalue weighted by molar-refractivity contribution is 4.79. The molecule has 5 heteroatoms. The fourth-order valence-electron chi connectivity index (χ4n) is 2.04. The number of nitrogens with one attached hydrogen (secondary N) is 1. The summed E-state index contributed by atoms with van der Waals surface area (Å²) in [5.74, 6) is 0.606. The van der Waals surface area contributed by atoms with Crippen molar-refractivity contribution in [3.8, 4) is 0 Å². The van der Waals surface area contributed by atoms with E-state index < -0.39 is 0 Å². The minimum Gasteiger partial charge on any atom is -0.381 e. The van der Waals surface area contributed by atoms with Crippen LogP contribution in [0.2, 0.25) is 0 Å². The highest BCUT2D eigenvalue weighted by atomic mass is 16.5. The lowest BCUT2D eigenvalue weighted by atomic mass is 9.99. The van der Waals surface area contributed by atoms with Crippen molar-refractivity contribution in [2.45, 2.75) is 25.9 Å². The largest absolute Gasteiger partial charge is 0.381 e. The van der Waals surface area contributed by atoms with Gasteiger partial charge in [-0.2, -0.15) is 5.10 Å². The van der Waals surface area contributed by atoms with Crippen LogP contribution in [0.4, 0.5) is 0 Å². The first-order valence-electron chi connectivity index (χ1n) is 5.53.